The summed E-state index contributed by atoms with van der Waals surface area (Å²) in [7, 11) is 0. The summed E-state index contributed by atoms with van der Waals surface area (Å²) >= 11 is 0. The maximum absolute atomic E-state index is 12.4. The van der Waals surface area contributed by atoms with E-state index in [1.165, 1.54) is 50.2 Å². The molecule has 2 aromatic rings. The molecule has 29 heavy (non-hydrogen) atoms. The molecule has 0 aliphatic heterocycles. The Bertz CT molecular complexity index is 916. The van der Waals surface area contributed by atoms with Crippen molar-refractivity contribution in [3.63, 3.8) is 0 Å². The summed E-state index contributed by atoms with van der Waals surface area (Å²) in [6.07, 6.45) is 8.25. The third-order valence-electron chi connectivity index (χ3n) is 7.36. The monoisotopic (exact) mass is 390 g/mol. The van der Waals surface area contributed by atoms with E-state index in [0.717, 1.165) is 23.4 Å². The Morgan fingerprint density at radius 3 is 2.14 bits per heavy atom. The van der Waals surface area contributed by atoms with Gasteiger partial charge in [0.25, 0.3) is 5.69 Å². The van der Waals surface area contributed by atoms with Crippen LogP contribution in [-0.4, -0.2) is 10.8 Å². The maximum Gasteiger partial charge on any atom is 0.273 e. The van der Waals surface area contributed by atoms with E-state index in [1.54, 1.807) is 18.2 Å². The highest BCUT2D eigenvalue weighted by Crippen LogP contribution is 2.60. The van der Waals surface area contributed by atoms with Gasteiger partial charge in [0.2, 0.25) is 5.91 Å². The first kappa shape index (κ1) is 18.3. The second kappa shape index (κ2) is 6.97. The molecule has 1 amide bonds. The van der Waals surface area contributed by atoms with Gasteiger partial charge in [-0.2, -0.15) is 0 Å². The van der Waals surface area contributed by atoms with E-state index in [4.69, 9.17) is 0 Å². The summed E-state index contributed by atoms with van der Waals surface area (Å²) in [4.78, 5) is 23.1. The van der Waals surface area contributed by atoms with Crippen LogP contribution in [0.15, 0.2) is 48.5 Å². The van der Waals surface area contributed by atoms with E-state index < -0.39 is 4.92 Å². The minimum absolute atomic E-state index is 0.00607. The van der Waals surface area contributed by atoms with E-state index in [1.807, 2.05) is 12.1 Å². The number of hydrogen-bond donors (Lipinski definition) is 1. The summed E-state index contributed by atoms with van der Waals surface area (Å²) in [5, 5.41) is 14.0. The van der Waals surface area contributed by atoms with Crippen molar-refractivity contribution >= 4 is 17.3 Å². The standard InChI is InChI=1S/C24H26N2O3/c27-23(12-19-3-1-2-4-22(19)26(28)29)25-21-7-5-20(6-8-21)24-13-16-9-17(14-24)11-18(10-16)15-24/h1-8,16-18H,9-15H2,(H,25,27). The fraction of sp³-hybridized carbons (Fsp3) is 0.458. The molecule has 4 aliphatic rings. The van der Waals surface area contributed by atoms with Gasteiger partial charge in [-0.1, -0.05) is 30.3 Å². The molecule has 0 radical (unpaired) electrons. The van der Waals surface area contributed by atoms with Crippen LogP contribution in [0.2, 0.25) is 0 Å². The number of para-hydroxylation sites is 1. The van der Waals surface area contributed by atoms with E-state index in [9.17, 15) is 14.9 Å². The molecule has 5 heteroatoms. The number of nitrogens with zero attached hydrogens (tertiary/aromatic N) is 1. The van der Waals surface area contributed by atoms with E-state index >= 15 is 0 Å². The predicted molar refractivity (Wildman–Crippen MR) is 112 cm³/mol. The Balaban J connectivity index is 1.28. The molecule has 0 spiro atoms. The van der Waals surface area contributed by atoms with Crippen LogP contribution in [0.25, 0.3) is 0 Å². The number of rotatable bonds is 5. The zero-order valence-corrected chi connectivity index (χ0v) is 16.5. The second-order valence-corrected chi connectivity index (χ2v) is 9.39. The summed E-state index contributed by atoms with van der Waals surface area (Å²) in [5.41, 5.74) is 2.94. The molecule has 4 fully saturated rings. The topological polar surface area (TPSA) is 72.2 Å². The van der Waals surface area contributed by atoms with Gasteiger partial charge in [0.1, 0.15) is 0 Å². The quantitative estimate of drug-likeness (QED) is 0.560. The highest BCUT2D eigenvalue weighted by atomic mass is 16.6. The maximum atomic E-state index is 12.4. The van der Waals surface area contributed by atoms with Crippen LogP contribution in [0.5, 0.6) is 0 Å². The lowest BCUT2D eigenvalue weighted by atomic mass is 9.48. The van der Waals surface area contributed by atoms with Crippen molar-refractivity contribution in [3.8, 4) is 0 Å². The summed E-state index contributed by atoms with van der Waals surface area (Å²) in [6, 6.07) is 14.8. The van der Waals surface area contributed by atoms with Crippen LogP contribution >= 0.6 is 0 Å². The molecular formula is C24H26N2O3. The highest BCUT2D eigenvalue weighted by Gasteiger charge is 2.51. The van der Waals surface area contributed by atoms with Crippen LogP contribution < -0.4 is 5.32 Å². The molecule has 150 valence electrons. The molecule has 2 aromatic carbocycles. The van der Waals surface area contributed by atoms with Gasteiger partial charge in [0.05, 0.1) is 11.3 Å². The minimum Gasteiger partial charge on any atom is -0.326 e. The summed E-state index contributed by atoms with van der Waals surface area (Å²) < 4.78 is 0. The van der Waals surface area contributed by atoms with Gasteiger partial charge in [-0.15, -0.1) is 0 Å². The predicted octanol–water partition coefficient (Wildman–Crippen LogP) is 5.24. The fourth-order valence-corrected chi connectivity index (χ4v) is 6.59. The first-order valence-corrected chi connectivity index (χ1v) is 10.6. The molecule has 4 bridgehead atoms. The molecule has 0 aromatic heterocycles. The van der Waals surface area contributed by atoms with Gasteiger partial charge in [0, 0.05) is 17.3 Å². The first-order valence-electron chi connectivity index (χ1n) is 10.6. The highest BCUT2D eigenvalue weighted by molar-refractivity contribution is 5.92. The number of nitrogens with one attached hydrogen (secondary N) is 1. The van der Waals surface area contributed by atoms with Crippen LogP contribution in [0.4, 0.5) is 11.4 Å². The van der Waals surface area contributed by atoms with Crippen LogP contribution in [0.3, 0.4) is 0 Å². The molecule has 0 atom stereocenters. The molecule has 0 saturated heterocycles. The van der Waals surface area contributed by atoms with Crippen LogP contribution in [-0.2, 0) is 16.6 Å². The summed E-state index contributed by atoms with van der Waals surface area (Å²) in [6.45, 7) is 0. The number of hydrogen-bond acceptors (Lipinski definition) is 3. The Labute approximate surface area is 170 Å². The fourth-order valence-electron chi connectivity index (χ4n) is 6.59. The molecule has 4 saturated carbocycles. The Morgan fingerprint density at radius 1 is 0.966 bits per heavy atom. The average Bonchev–Trinajstić information content (AvgIpc) is 2.67. The van der Waals surface area contributed by atoms with E-state index in [-0.39, 0.29) is 18.0 Å². The SMILES string of the molecule is O=C(Cc1ccccc1[N+](=O)[O-])Nc1ccc(C23CC4CC(CC(C4)C2)C3)cc1. The zero-order valence-electron chi connectivity index (χ0n) is 16.5. The minimum atomic E-state index is -0.442. The van der Waals surface area contributed by atoms with Crippen LogP contribution in [0, 0.1) is 27.9 Å². The van der Waals surface area contributed by atoms with Gasteiger partial charge in [-0.3, -0.25) is 14.9 Å². The molecule has 1 N–H and O–H groups in total. The Morgan fingerprint density at radius 2 is 1.55 bits per heavy atom. The number of carbonyl (C=O) groups is 1. The lowest BCUT2D eigenvalue weighted by molar-refractivity contribution is -0.385. The van der Waals surface area contributed by atoms with Crippen molar-refractivity contribution in [2.75, 3.05) is 5.32 Å². The molecule has 0 unspecified atom stereocenters. The number of nitro benzene ring substituents is 1. The van der Waals surface area contributed by atoms with E-state index in [0.29, 0.717) is 11.0 Å². The smallest absolute Gasteiger partial charge is 0.273 e. The summed E-state index contributed by atoms with van der Waals surface area (Å²) in [5.74, 6) is 2.48. The molecule has 4 aliphatic carbocycles. The van der Waals surface area contributed by atoms with Gasteiger partial charge in [-0.05, 0) is 79.4 Å². The van der Waals surface area contributed by atoms with Gasteiger partial charge >= 0.3 is 0 Å². The first-order chi connectivity index (χ1) is 14.0. The Hall–Kier alpha value is -2.69. The van der Waals surface area contributed by atoms with Crippen molar-refractivity contribution in [1.29, 1.82) is 0 Å². The number of anilines is 1. The van der Waals surface area contributed by atoms with Crippen molar-refractivity contribution in [2.45, 2.75) is 50.4 Å². The Kier molecular flexibility index (Phi) is 4.41. The van der Waals surface area contributed by atoms with Crippen LogP contribution in [0.1, 0.15) is 49.7 Å². The van der Waals surface area contributed by atoms with E-state index in [2.05, 4.69) is 17.4 Å². The molecule has 5 nitrogen and oxygen atoms in total. The van der Waals surface area contributed by atoms with Gasteiger partial charge in [-0.25, -0.2) is 0 Å². The molecule has 6 rings (SSSR count). The lowest BCUT2D eigenvalue weighted by Gasteiger charge is -2.57. The second-order valence-electron chi connectivity index (χ2n) is 9.39. The van der Waals surface area contributed by atoms with Crippen molar-refractivity contribution < 1.29 is 9.72 Å². The normalized spacial score (nSPS) is 29.6. The molecule has 0 heterocycles. The average molecular weight is 390 g/mol. The van der Waals surface area contributed by atoms with Crippen molar-refractivity contribution in [1.82, 2.24) is 0 Å². The number of benzene rings is 2. The van der Waals surface area contributed by atoms with Crippen molar-refractivity contribution in [3.05, 3.63) is 69.8 Å². The number of carbonyl (C=O) groups excluding carboxylic acids is 1. The van der Waals surface area contributed by atoms with Gasteiger partial charge < -0.3 is 5.32 Å². The van der Waals surface area contributed by atoms with Crippen molar-refractivity contribution in [2.24, 2.45) is 17.8 Å². The number of amides is 1. The third kappa shape index (κ3) is 3.43. The zero-order chi connectivity index (χ0) is 20.0. The number of nitro groups is 1. The largest absolute Gasteiger partial charge is 0.326 e. The van der Waals surface area contributed by atoms with Gasteiger partial charge in [0.15, 0.2) is 0 Å². The lowest BCUT2D eigenvalue weighted by Crippen LogP contribution is -2.48. The third-order valence-corrected chi connectivity index (χ3v) is 7.36. The molecular weight excluding hydrogens is 364 g/mol.